The molecule has 1 saturated heterocycles. The SMILES string of the molecule is Cc1cc(C(=O)N2CCCC(CCC(=O)Nc3ccc(C(F)(F)F)cc3)C2)nc(C)n1. The fourth-order valence-electron chi connectivity index (χ4n) is 3.77. The van der Waals surface area contributed by atoms with Gasteiger partial charge in [-0.05, 0) is 69.4 Å². The highest BCUT2D eigenvalue weighted by atomic mass is 19.4. The summed E-state index contributed by atoms with van der Waals surface area (Å²) in [6, 6.07) is 6.05. The average Bonchev–Trinajstić information content (AvgIpc) is 2.71. The van der Waals surface area contributed by atoms with Crippen LogP contribution in [0.25, 0.3) is 0 Å². The highest BCUT2D eigenvalue weighted by Crippen LogP contribution is 2.30. The maximum Gasteiger partial charge on any atom is 0.416 e. The number of nitrogens with one attached hydrogen (secondary N) is 1. The van der Waals surface area contributed by atoms with Crippen molar-refractivity contribution in [3.05, 3.63) is 53.1 Å². The maximum atomic E-state index is 12.8. The van der Waals surface area contributed by atoms with Crippen LogP contribution >= 0.6 is 0 Å². The summed E-state index contributed by atoms with van der Waals surface area (Å²) in [6.07, 6.45) is -1.81. The third kappa shape index (κ3) is 6.26. The van der Waals surface area contributed by atoms with Crippen molar-refractivity contribution in [1.29, 1.82) is 0 Å². The second-order valence-corrected chi connectivity index (χ2v) is 7.86. The van der Waals surface area contributed by atoms with Gasteiger partial charge in [0.25, 0.3) is 5.91 Å². The number of piperidine rings is 1. The molecule has 2 heterocycles. The van der Waals surface area contributed by atoms with Crippen LogP contribution in [0.5, 0.6) is 0 Å². The zero-order valence-electron chi connectivity index (χ0n) is 17.5. The van der Waals surface area contributed by atoms with Crippen molar-refractivity contribution in [3.8, 4) is 0 Å². The molecule has 0 radical (unpaired) electrons. The standard InChI is InChI=1S/C22H25F3N4O2/c1-14-12-19(27-15(2)26-14)21(31)29-11-3-4-16(13-29)5-10-20(30)28-18-8-6-17(7-9-18)22(23,24)25/h6-9,12,16H,3-5,10-11,13H2,1-2H3,(H,28,30). The van der Waals surface area contributed by atoms with Gasteiger partial charge in [-0.3, -0.25) is 9.59 Å². The molecule has 1 fully saturated rings. The van der Waals surface area contributed by atoms with Crippen molar-refractivity contribution in [2.24, 2.45) is 5.92 Å². The maximum absolute atomic E-state index is 12.8. The van der Waals surface area contributed by atoms with E-state index in [9.17, 15) is 22.8 Å². The molecule has 1 aromatic heterocycles. The number of hydrogen-bond acceptors (Lipinski definition) is 4. The molecular formula is C22H25F3N4O2. The van der Waals surface area contributed by atoms with E-state index in [0.717, 1.165) is 30.7 Å². The molecule has 0 saturated carbocycles. The number of aryl methyl sites for hydroxylation is 2. The minimum Gasteiger partial charge on any atom is -0.337 e. The summed E-state index contributed by atoms with van der Waals surface area (Å²) in [6.45, 7) is 4.77. The van der Waals surface area contributed by atoms with E-state index in [1.807, 2.05) is 6.92 Å². The van der Waals surface area contributed by atoms with Gasteiger partial charge in [0.15, 0.2) is 0 Å². The number of carbonyl (C=O) groups is 2. The second-order valence-electron chi connectivity index (χ2n) is 7.86. The Hall–Kier alpha value is -2.97. The molecule has 1 aromatic carbocycles. The molecule has 0 bridgehead atoms. The van der Waals surface area contributed by atoms with E-state index in [1.165, 1.54) is 12.1 Å². The van der Waals surface area contributed by atoms with Crippen LogP contribution in [0.1, 0.15) is 53.3 Å². The minimum atomic E-state index is -4.41. The lowest BCUT2D eigenvalue weighted by Gasteiger charge is -2.32. The number of aromatic nitrogens is 2. The Morgan fingerprint density at radius 3 is 2.52 bits per heavy atom. The Kier molecular flexibility index (Phi) is 6.92. The zero-order valence-corrected chi connectivity index (χ0v) is 17.5. The fourth-order valence-corrected chi connectivity index (χ4v) is 3.77. The molecule has 166 valence electrons. The molecule has 31 heavy (non-hydrogen) atoms. The van der Waals surface area contributed by atoms with Crippen LogP contribution in [0.4, 0.5) is 18.9 Å². The first-order valence-corrected chi connectivity index (χ1v) is 10.2. The van der Waals surface area contributed by atoms with Gasteiger partial charge >= 0.3 is 6.18 Å². The molecule has 1 aliphatic rings. The molecule has 1 atom stereocenters. The first-order chi connectivity index (χ1) is 14.6. The molecule has 2 aromatic rings. The van der Waals surface area contributed by atoms with E-state index < -0.39 is 11.7 Å². The number of alkyl halides is 3. The largest absolute Gasteiger partial charge is 0.416 e. The van der Waals surface area contributed by atoms with Crippen molar-refractivity contribution >= 4 is 17.5 Å². The van der Waals surface area contributed by atoms with E-state index >= 15 is 0 Å². The summed E-state index contributed by atoms with van der Waals surface area (Å²) < 4.78 is 37.9. The highest BCUT2D eigenvalue weighted by Gasteiger charge is 2.30. The normalized spacial score (nSPS) is 16.8. The Morgan fingerprint density at radius 1 is 1.16 bits per heavy atom. The van der Waals surface area contributed by atoms with Gasteiger partial charge in [-0.2, -0.15) is 13.2 Å². The summed E-state index contributed by atoms with van der Waals surface area (Å²) in [7, 11) is 0. The lowest BCUT2D eigenvalue weighted by atomic mass is 9.93. The summed E-state index contributed by atoms with van der Waals surface area (Å²) in [5, 5.41) is 2.63. The van der Waals surface area contributed by atoms with Crippen LogP contribution in [-0.2, 0) is 11.0 Å². The van der Waals surface area contributed by atoms with Crippen molar-refractivity contribution in [1.82, 2.24) is 14.9 Å². The van der Waals surface area contributed by atoms with Crippen LogP contribution in [-0.4, -0.2) is 39.8 Å². The van der Waals surface area contributed by atoms with E-state index in [2.05, 4.69) is 15.3 Å². The minimum absolute atomic E-state index is 0.132. The lowest BCUT2D eigenvalue weighted by molar-refractivity contribution is -0.137. The summed E-state index contributed by atoms with van der Waals surface area (Å²) in [4.78, 5) is 35.2. The van der Waals surface area contributed by atoms with Crippen molar-refractivity contribution in [2.45, 2.75) is 45.7 Å². The predicted molar refractivity (Wildman–Crippen MR) is 109 cm³/mol. The number of carbonyl (C=O) groups excluding carboxylic acids is 2. The van der Waals surface area contributed by atoms with Crippen LogP contribution in [0, 0.1) is 19.8 Å². The molecule has 1 unspecified atom stereocenters. The number of amides is 2. The van der Waals surface area contributed by atoms with Crippen LogP contribution < -0.4 is 5.32 Å². The number of halogens is 3. The highest BCUT2D eigenvalue weighted by molar-refractivity contribution is 5.92. The summed E-state index contributed by atoms with van der Waals surface area (Å²) in [5.74, 6) is 0.342. The van der Waals surface area contributed by atoms with Gasteiger partial charge in [-0.25, -0.2) is 9.97 Å². The van der Waals surface area contributed by atoms with Crippen LogP contribution in [0.15, 0.2) is 30.3 Å². The number of benzene rings is 1. The molecule has 0 aliphatic carbocycles. The van der Waals surface area contributed by atoms with Gasteiger partial charge in [-0.1, -0.05) is 0 Å². The first kappa shape index (κ1) is 22.7. The topological polar surface area (TPSA) is 75.2 Å². The average molecular weight is 434 g/mol. The molecule has 2 amide bonds. The Labute approximate surface area is 178 Å². The molecular weight excluding hydrogens is 409 g/mol. The van der Waals surface area contributed by atoms with Gasteiger partial charge < -0.3 is 10.2 Å². The second kappa shape index (κ2) is 9.45. The molecule has 6 nitrogen and oxygen atoms in total. The number of nitrogens with zero attached hydrogens (tertiary/aromatic N) is 3. The van der Waals surface area contributed by atoms with Gasteiger partial charge in [0, 0.05) is 30.9 Å². The number of hydrogen-bond donors (Lipinski definition) is 1. The monoisotopic (exact) mass is 434 g/mol. The van der Waals surface area contributed by atoms with E-state index in [0.29, 0.717) is 36.7 Å². The lowest BCUT2D eigenvalue weighted by Crippen LogP contribution is -2.40. The van der Waals surface area contributed by atoms with Gasteiger partial charge in [0.2, 0.25) is 5.91 Å². The first-order valence-electron chi connectivity index (χ1n) is 10.2. The van der Waals surface area contributed by atoms with Gasteiger partial charge in [-0.15, -0.1) is 0 Å². The Balaban J connectivity index is 1.51. The Morgan fingerprint density at radius 2 is 1.87 bits per heavy atom. The summed E-state index contributed by atoms with van der Waals surface area (Å²) >= 11 is 0. The molecule has 9 heteroatoms. The molecule has 0 spiro atoms. The van der Waals surface area contributed by atoms with Gasteiger partial charge in [0.05, 0.1) is 5.56 Å². The van der Waals surface area contributed by atoms with Crippen LogP contribution in [0.2, 0.25) is 0 Å². The number of likely N-dealkylation sites (tertiary alicyclic amines) is 1. The fraction of sp³-hybridized carbons (Fsp3) is 0.455. The Bertz CT molecular complexity index is 925. The van der Waals surface area contributed by atoms with Crippen molar-refractivity contribution in [2.75, 3.05) is 18.4 Å². The smallest absolute Gasteiger partial charge is 0.337 e. The zero-order chi connectivity index (χ0) is 22.6. The van der Waals surface area contributed by atoms with Gasteiger partial charge in [0.1, 0.15) is 11.5 Å². The van der Waals surface area contributed by atoms with Crippen LogP contribution in [0.3, 0.4) is 0 Å². The van der Waals surface area contributed by atoms with Crippen molar-refractivity contribution in [3.63, 3.8) is 0 Å². The summed E-state index contributed by atoms with van der Waals surface area (Å²) in [5.41, 5.74) is 0.689. The third-order valence-electron chi connectivity index (χ3n) is 5.27. The molecule has 1 N–H and O–H groups in total. The van der Waals surface area contributed by atoms with Crippen molar-refractivity contribution < 1.29 is 22.8 Å². The molecule has 1 aliphatic heterocycles. The predicted octanol–water partition coefficient (Wildman–Crippen LogP) is 4.38. The van der Waals surface area contributed by atoms with E-state index in [4.69, 9.17) is 0 Å². The van der Waals surface area contributed by atoms with E-state index in [1.54, 1.807) is 17.9 Å². The third-order valence-corrected chi connectivity index (χ3v) is 5.27. The quantitative estimate of drug-likeness (QED) is 0.758. The number of anilines is 1. The molecule has 3 rings (SSSR count). The number of rotatable bonds is 5. The van der Waals surface area contributed by atoms with E-state index in [-0.39, 0.29) is 24.2 Å².